The van der Waals surface area contributed by atoms with Gasteiger partial charge >= 0.3 is 5.97 Å². The fourth-order valence-corrected chi connectivity index (χ4v) is 9.23. The van der Waals surface area contributed by atoms with Crippen LogP contribution in [0, 0.1) is 11.8 Å². The lowest BCUT2D eigenvalue weighted by Crippen LogP contribution is -2.57. The summed E-state index contributed by atoms with van der Waals surface area (Å²) in [6.45, 7) is 9.35. The quantitative estimate of drug-likeness (QED) is 0.113. The number of likely N-dealkylation sites (tertiary alicyclic amines) is 1. The first kappa shape index (κ1) is 38.2. The number of fused-ring (bicyclic) bond motifs is 1. The molecule has 3 fully saturated rings. The van der Waals surface area contributed by atoms with E-state index in [0.717, 1.165) is 5.56 Å². The number of allylic oxidation sites excluding steroid dienone is 1. The van der Waals surface area contributed by atoms with Crippen molar-refractivity contribution in [2.45, 2.75) is 73.5 Å². The minimum atomic E-state index is -1.40. The SMILES string of the molecule is C=CCCC(=O)N[C@H](C)[C@@H](OC(=O)[C@H]1[C@@H]2O[C@@]3(CC2Br)[C@@H]1C(=O)N([C@H](CO)c1ccccc1)[C@@H]3C(=O)N(CC=C)Cc1ccccc1)c1ccccc1. The Morgan fingerprint density at radius 1 is 1.02 bits per heavy atom. The Balaban J connectivity index is 1.39. The van der Waals surface area contributed by atoms with Crippen LogP contribution in [-0.2, 0) is 35.2 Å². The summed E-state index contributed by atoms with van der Waals surface area (Å²) >= 11 is 3.75. The summed E-state index contributed by atoms with van der Waals surface area (Å²) in [5.74, 6) is -3.86. The standard InChI is InChI=1S/C42H46BrN3O7/c1-4-6-22-33(48)44-27(3)36(30-20-14-9-15-21-30)52-41(51)34-35-39(49)46(32(26-47)29-18-12-8-13-19-29)38(42(35)24-31(43)37(34)53-42)40(50)45(23-5-2)25-28-16-10-7-11-17-28/h4-5,7-21,27,31-32,34-38,47H,1-2,6,22-26H2,3H3,(H,44,48)/t27-,31?,32-,34-,35+,36-,37-,38-,42+/m1/s1. The van der Waals surface area contributed by atoms with E-state index in [1.54, 1.807) is 36.1 Å². The third-order valence-electron chi connectivity index (χ3n) is 10.6. The maximum Gasteiger partial charge on any atom is 0.313 e. The molecule has 0 radical (unpaired) electrons. The molecule has 3 heterocycles. The van der Waals surface area contributed by atoms with Gasteiger partial charge < -0.3 is 29.7 Å². The van der Waals surface area contributed by atoms with Crippen molar-refractivity contribution in [1.29, 1.82) is 0 Å². The zero-order chi connectivity index (χ0) is 37.7. The molecule has 0 aromatic heterocycles. The predicted molar refractivity (Wildman–Crippen MR) is 203 cm³/mol. The number of nitrogens with one attached hydrogen (secondary N) is 1. The fraction of sp³-hybridized carbons (Fsp3) is 0.381. The molecule has 1 unspecified atom stereocenters. The van der Waals surface area contributed by atoms with Crippen LogP contribution in [0.5, 0.6) is 0 Å². The van der Waals surface area contributed by atoms with Crippen molar-refractivity contribution < 1.29 is 33.8 Å². The highest BCUT2D eigenvalue weighted by Crippen LogP contribution is 2.61. The summed E-state index contributed by atoms with van der Waals surface area (Å²) in [7, 11) is 0. The number of hydrogen-bond acceptors (Lipinski definition) is 7. The van der Waals surface area contributed by atoms with E-state index in [-0.39, 0.29) is 42.6 Å². The molecule has 3 amide bonds. The second kappa shape index (κ2) is 16.6. The molecule has 3 aliphatic rings. The van der Waals surface area contributed by atoms with Crippen molar-refractivity contribution >= 4 is 39.6 Å². The smallest absolute Gasteiger partial charge is 0.313 e. The lowest BCUT2D eigenvalue weighted by molar-refractivity contribution is -0.162. The van der Waals surface area contributed by atoms with Gasteiger partial charge in [0.2, 0.25) is 17.7 Å². The number of alkyl halides is 1. The number of amides is 3. The number of carbonyl (C=O) groups is 4. The summed E-state index contributed by atoms with van der Waals surface area (Å²) in [6.07, 6.45) is 2.67. The molecule has 3 aliphatic heterocycles. The van der Waals surface area contributed by atoms with Crippen LogP contribution in [0.2, 0.25) is 0 Å². The van der Waals surface area contributed by atoms with Gasteiger partial charge in [-0.25, -0.2) is 0 Å². The lowest BCUT2D eigenvalue weighted by atomic mass is 9.70. The van der Waals surface area contributed by atoms with Gasteiger partial charge in [0.05, 0.1) is 36.6 Å². The van der Waals surface area contributed by atoms with Crippen LogP contribution in [0.3, 0.4) is 0 Å². The normalized spacial score (nSPS) is 25.9. The van der Waals surface area contributed by atoms with Crippen LogP contribution in [0.15, 0.2) is 116 Å². The van der Waals surface area contributed by atoms with E-state index < -0.39 is 66.3 Å². The Hall–Kier alpha value is -4.58. The van der Waals surface area contributed by atoms with Crippen LogP contribution >= 0.6 is 15.9 Å². The molecular formula is C42H46BrN3O7. The molecular weight excluding hydrogens is 738 g/mol. The topological polar surface area (TPSA) is 125 Å². The summed E-state index contributed by atoms with van der Waals surface area (Å²) in [4.78, 5) is 60.1. The zero-order valence-corrected chi connectivity index (χ0v) is 31.3. The van der Waals surface area contributed by atoms with E-state index in [4.69, 9.17) is 9.47 Å². The molecule has 2 N–H and O–H groups in total. The highest BCUT2D eigenvalue weighted by molar-refractivity contribution is 9.09. The Bertz CT molecular complexity index is 1790. The number of halogens is 1. The zero-order valence-electron chi connectivity index (χ0n) is 29.8. The molecule has 11 heteroatoms. The second-order valence-corrected chi connectivity index (χ2v) is 15.1. The second-order valence-electron chi connectivity index (χ2n) is 14.0. The first-order valence-electron chi connectivity index (χ1n) is 18.0. The molecule has 0 saturated carbocycles. The van der Waals surface area contributed by atoms with Crippen LogP contribution in [0.4, 0.5) is 0 Å². The van der Waals surface area contributed by atoms with Crippen molar-refractivity contribution in [3.63, 3.8) is 0 Å². The van der Waals surface area contributed by atoms with Crippen molar-refractivity contribution in [2.75, 3.05) is 13.2 Å². The lowest BCUT2D eigenvalue weighted by Gasteiger charge is -2.39. The van der Waals surface area contributed by atoms with Gasteiger partial charge in [0.15, 0.2) is 0 Å². The minimum Gasteiger partial charge on any atom is -0.455 e. The highest BCUT2D eigenvalue weighted by atomic mass is 79.9. The number of aliphatic hydroxyl groups is 1. The molecule has 9 atom stereocenters. The van der Waals surface area contributed by atoms with Crippen LogP contribution in [0.1, 0.15) is 55.0 Å². The van der Waals surface area contributed by atoms with E-state index in [1.165, 1.54) is 4.90 Å². The first-order chi connectivity index (χ1) is 25.6. The van der Waals surface area contributed by atoms with Crippen molar-refractivity contribution in [3.8, 4) is 0 Å². The Morgan fingerprint density at radius 3 is 2.25 bits per heavy atom. The molecule has 3 aromatic carbocycles. The van der Waals surface area contributed by atoms with Gasteiger partial charge in [0, 0.05) is 24.3 Å². The summed E-state index contributed by atoms with van der Waals surface area (Å²) < 4.78 is 13.1. The Kier molecular flexibility index (Phi) is 12.0. The molecule has 3 saturated heterocycles. The maximum atomic E-state index is 15.0. The Labute approximate surface area is 319 Å². The average Bonchev–Trinajstić information content (AvgIpc) is 3.77. The number of esters is 1. The van der Waals surface area contributed by atoms with Gasteiger partial charge in [0.25, 0.3) is 0 Å². The number of carbonyl (C=O) groups excluding carboxylic acids is 4. The molecule has 3 aromatic rings. The number of aliphatic hydroxyl groups excluding tert-OH is 1. The van der Waals surface area contributed by atoms with Gasteiger partial charge in [-0.05, 0) is 36.5 Å². The van der Waals surface area contributed by atoms with Crippen molar-refractivity contribution in [1.82, 2.24) is 15.1 Å². The summed E-state index contributed by atoms with van der Waals surface area (Å²) in [5.41, 5.74) is 0.805. The largest absolute Gasteiger partial charge is 0.455 e. The van der Waals surface area contributed by atoms with E-state index >= 15 is 9.59 Å². The molecule has 6 rings (SSSR count). The minimum absolute atomic E-state index is 0.198. The maximum absolute atomic E-state index is 15.0. The first-order valence-corrected chi connectivity index (χ1v) is 19.0. The molecule has 1 spiro atoms. The number of ether oxygens (including phenoxy) is 2. The number of rotatable bonds is 16. The van der Waals surface area contributed by atoms with Crippen LogP contribution in [-0.4, -0.2) is 80.4 Å². The predicted octanol–water partition coefficient (Wildman–Crippen LogP) is 5.44. The van der Waals surface area contributed by atoms with Crippen LogP contribution < -0.4 is 5.32 Å². The van der Waals surface area contributed by atoms with Gasteiger partial charge in [-0.3, -0.25) is 19.2 Å². The number of benzene rings is 3. The van der Waals surface area contributed by atoms with E-state index in [2.05, 4.69) is 34.4 Å². The van der Waals surface area contributed by atoms with E-state index in [9.17, 15) is 14.7 Å². The molecule has 278 valence electrons. The van der Waals surface area contributed by atoms with Gasteiger partial charge in [-0.15, -0.1) is 13.2 Å². The monoisotopic (exact) mass is 783 g/mol. The summed E-state index contributed by atoms with van der Waals surface area (Å²) in [6, 6.07) is 25.1. The molecule has 53 heavy (non-hydrogen) atoms. The number of nitrogens with zero attached hydrogens (tertiary/aromatic N) is 2. The van der Waals surface area contributed by atoms with E-state index in [0.29, 0.717) is 17.5 Å². The van der Waals surface area contributed by atoms with Gasteiger partial charge in [-0.2, -0.15) is 0 Å². The molecule has 10 nitrogen and oxygen atoms in total. The molecule has 2 bridgehead atoms. The average molecular weight is 785 g/mol. The van der Waals surface area contributed by atoms with Crippen LogP contribution in [0.25, 0.3) is 0 Å². The Morgan fingerprint density at radius 2 is 1.64 bits per heavy atom. The fourth-order valence-electron chi connectivity index (χ4n) is 8.29. The van der Waals surface area contributed by atoms with Crippen molar-refractivity contribution in [2.24, 2.45) is 11.8 Å². The third-order valence-corrected chi connectivity index (χ3v) is 11.4. The van der Waals surface area contributed by atoms with E-state index in [1.807, 2.05) is 78.9 Å². The number of hydrogen-bond donors (Lipinski definition) is 2. The molecule has 0 aliphatic carbocycles. The van der Waals surface area contributed by atoms with Crippen molar-refractivity contribution in [3.05, 3.63) is 133 Å². The van der Waals surface area contributed by atoms with Gasteiger partial charge in [-0.1, -0.05) is 119 Å². The third kappa shape index (κ3) is 7.47. The van der Waals surface area contributed by atoms with Gasteiger partial charge in [0.1, 0.15) is 17.7 Å². The highest BCUT2D eigenvalue weighted by Gasteiger charge is 2.77. The summed E-state index contributed by atoms with van der Waals surface area (Å²) in [5, 5.41) is 13.9.